The zero-order valence-corrected chi connectivity index (χ0v) is 13.0. The van der Waals surface area contributed by atoms with E-state index in [2.05, 4.69) is 50.4 Å². The average molecular weight is 276 g/mol. The standard InChI is InChI=1S/C16H24N2S/c1-4-5-6-13-7-9-14(10-8-13)17-16-18-15(11-19-16)12(2)3/h7-10,12,15H,4-6,11H2,1-3H3,(H,17,18). The number of benzene rings is 1. The zero-order valence-electron chi connectivity index (χ0n) is 12.1. The van der Waals surface area contributed by atoms with E-state index in [0.29, 0.717) is 12.0 Å². The number of aliphatic imine (C=N–C) groups is 1. The molecular weight excluding hydrogens is 252 g/mol. The van der Waals surface area contributed by atoms with Gasteiger partial charge in [-0.1, -0.05) is 51.1 Å². The molecule has 2 nitrogen and oxygen atoms in total. The molecule has 1 atom stereocenters. The highest BCUT2D eigenvalue weighted by Gasteiger charge is 2.20. The smallest absolute Gasteiger partial charge is 0.161 e. The second-order valence-electron chi connectivity index (χ2n) is 5.48. The largest absolute Gasteiger partial charge is 0.335 e. The highest BCUT2D eigenvalue weighted by atomic mass is 32.2. The number of rotatable bonds is 5. The molecule has 19 heavy (non-hydrogen) atoms. The lowest BCUT2D eigenvalue weighted by molar-refractivity contribution is 0.543. The summed E-state index contributed by atoms with van der Waals surface area (Å²) in [5, 5.41) is 4.49. The van der Waals surface area contributed by atoms with Gasteiger partial charge in [-0.25, -0.2) is 0 Å². The molecule has 1 aliphatic rings. The number of aryl methyl sites for hydroxylation is 1. The van der Waals surface area contributed by atoms with Crippen molar-refractivity contribution in [3.8, 4) is 0 Å². The maximum Gasteiger partial charge on any atom is 0.161 e. The molecule has 1 aliphatic heterocycles. The minimum atomic E-state index is 0.469. The molecule has 0 fully saturated rings. The van der Waals surface area contributed by atoms with Crippen LogP contribution in [0.2, 0.25) is 0 Å². The van der Waals surface area contributed by atoms with Gasteiger partial charge in [-0.05, 0) is 36.5 Å². The first-order valence-corrected chi connectivity index (χ1v) is 8.24. The Bertz CT molecular complexity index is 423. The summed E-state index contributed by atoms with van der Waals surface area (Å²) in [6.45, 7) is 6.71. The molecule has 2 rings (SSSR count). The molecule has 3 heteroatoms. The molecule has 0 amide bonds. The van der Waals surface area contributed by atoms with Gasteiger partial charge in [-0.3, -0.25) is 4.99 Å². The molecule has 0 spiro atoms. The summed E-state index contributed by atoms with van der Waals surface area (Å²) in [7, 11) is 0. The normalized spacial score (nSPS) is 18.7. The predicted octanol–water partition coefficient (Wildman–Crippen LogP) is 4.57. The fraction of sp³-hybridized carbons (Fsp3) is 0.562. The van der Waals surface area contributed by atoms with Gasteiger partial charge < -0.3 is 5.32 Å². The minimum absolute atomic E-state index is 0.469. The van der Waals surface area contributed by atoms with Gasteiger partial charge in [0.2, 0.25) is 0 Å². The SMILES string of the molecule is CCCCc1ccc(NC2=NC(C(C)C)CS2)cc1. The van der Waals surface area contributed by atoms with E-state index in [4.69, 9.17) is 4.99 Å². The molecular formula is C16H24N2S. The first kappa shape index (κ1) is 14.4. The van der Waals surface area contributed by atoms with Crippen molar-refractivity contribution in [2.75, 3.05) is 11.1 Å². The molecule has 0 radical (unpaired) electrons. The lowest BCUT2D eigenvalue weighted by atomic mass is 10.1. The number of thioether (sulfide) groups is 1. The second kappa shape index (κ2) is 6.99. The average Bonchev–Trinajstić information content (AvgIpc) is 2.87. The Balaban J connectivity index is 1.91. The van der Waals surface area contributed by atoms with E-state index in [1.165, 1.54) is 24.8 Å². The maximum atomic E-state index is 4.72. The van der Waals surface area contributed by atoms with Crippen LogP contribution in [0.5, 0.6) is 0 Å². The van der Waals surface area contributed by atoms with Crippen LogP contribution < -0.4 is 5.32 Å². The van der Waals surface area contributed by atoms with Crippen molar-refractivity contribution in [2.45, 2.75) is 46.1 Å². The van der Waals surface area contributed by atoms with E-state index < -0.39 is 0 Å². The number of nitrogens with one attached hydrogen (secondary N) is 1. The lowest BCUT2D eigenvalue weighted by Crippen LogP contribution is -2.12. The zero-order chi connectivity index (χ0) is 13.7. The van der Waals surface area contributed by atoms with Crippen LogP contribution in [0.4, 0.5) is 5.69 Å². The predicted molar refractivity (Wildman–Crippen MR) is 87.2 cm³/mol. The molecule has 1 aromatic carbocycles. The highest BCUT2D eigenvalue weighted by molar-refractivity contribution is 8.14. The Morgan fingerprint density at radius 2 is 2.05 bits per heavy atom. The van der Waals surface area contributed by atoms with Crippen molar-refractivity contribution in [1.82, 2.24) is 0 Å². The van der Waals surface area contributed by atoms with Crippen LogP contribution in [0.3, 0.4) is 0 Å². The van der Waals surface area contributed by atoms with Crippen molar-refractivity contribution in [3.05, 3.63) is 29.8 Å². The van der Waals surface area contributed by atoms with Crippen LogP contribution in [0, 0.1) is 5.92 Å². The van der Waals surface area contributed by atoms with E-state index >= 15 is 0 Å². The van der Waals surface area contributed by atoms with Crippen LogP contribution >= 0.6 is 11.8 Å². The van der Waals surface area contributed by atoms with Crippen LogP contribution in [0.15, 0.2) is 29.3 Å². The molecule has 0 aliphatic carbocycles. The monoisotopic (exact) mass is 276 g/mol. The van der Waals surface area contributed by atoms with Gasteiger partial charge in [-0.2, -0.15) is 0 Å². The van der Waals surface area contributed by atoms with Crippen LogP contribution in [0.1, 0.15) is 39.2 Å². The Morgan fingerprint density at radius 1 is 1.32 bits per heavy atom. The fourth-order valence-electron chi connectivity index (χ4n) is 2.06. The summed E-state index contributed by atoms with van der Waals surface area (Å²) in [5.74, 6) is 1.73. The summed E-state index contributed by atoms with van der Waals surface area (Å²) in [6.07, 6.45) is 3.71. The Morgan fingerprint density at radius 3 is 2.63 bits per heavy atom. The number of unbranched alkanes of at least 4 members (excludes halogenated alkanes) is 1. The fourth-order valence-corrected chi connectivity index (χ4v) is 3.25. The summed E-state index contributed by atoms with van der Waals surface area (Å²) in [5.41, 5.74) is 2.57. The van der Waals surface area contributed by atoms with Crippen LogP contribution in [-0.2, 0) is 6.42 Å². The maximum absolute atomic E-state index is 4.72. The lowest BCUT2D eigenvalue weighted by Gasteiger charge is -2.08. The van der Waals surface area contributed by atoms with Gasteiger partial charge in [0.25, 0.3) is 0 Å². The third-order valence-electron chi connectivity index (χ3n) is 3.47. The second-order valence-corrected chi connectivity index (χ2v) is 6.49. The van der Waals surface area contributed by atoms with Crippen molar-refractivity contribution in [1.29, 1.82) is 0 Å². The molecule has 104 valence electrons. The molecule has 0 saturated heterocycles. The molecule has 0 saturated carbocycles. The minimum Gasteiger partial charge on any atom is -0.335 e. The summed E-state index contributed by atoms with van der Waals surface area (Å²) < 4.78 is 0. The van der Waals surface area contributed by atoms with Crippen molar-refractivity contribution in [3.63, 3.8) is 0 Å². The van der Waals surface area contributed by atoms with Crippen molar-refractivity contribution >= 4 is 22.6 Å². The van der Waals surface area contributed by atoms with E-state index in [-0.39, 0.29) is 0 Å². The topological polar surface area (TPSA) is 24.4 Å². The van der Waals surface area contributed by atoms with E-state index in [9.17, 15) is 0 Å². The Labute approximate surface area is 121 Å². The highest BCUT2D eigenvalue weighted by Crippen LogP contribution is 2.24. The van der Waals surface area contributed by atoms with E-state index in [1.54, 1.807) is 0 Å². The molecule has 1 aromatic rings. The summed E-state index contributed by atoms with van der Waals surface area (Å²) in [4.78, 5) is 4.72. The van der Waals surface area contributed by atoms with Crippen LogP contribution in [0.25, 0.3) is 0 Å². The van der Waals surface area contributed by atoms with Crippen molar-refractivity contribution in [2.24, 2.45) is 10.9 Å². The summed E-state index contributed by atoms with van der Waals surface area (Å²) in [6, 6.07) is 9.24. The quantitative estimate of drug-likeness (QED) is 0.852. The molecule has 0 aromatic heterocycles. The van der Waals surface area contributed by atoms with Gasteiger partial charge in [0.15, 0.2) is 5.17 Å². The van der Waals surface area contributed by atoms with Gasteiger partial charge >= 0.3 is 0 Å². The van der Waals surface area contributed by atoms with Gasteiger partial charge in [0.1, 0.15) is 0 Å². The first-order chi connectivity index (χ1) is 9.19. The molecule has 1 heterocycles. The summed E-state index contributed by atoms with van der Waals surface area (Å²) >= 11 is 1.83. The number of hydrogen-bond acceptors (Lipinski definition) is 3. The van der Waals surface area contributed by atoms with Crippen LogP contribution in [-0.4, -0.2) is 17.0 Å². The molecule has 1 unspecified atom stereocenters. The number of anilines is 1. The van der Waals surface area contributed by atoms with Gasteiger partial charge in [0, 0.05) is 11.4 Å². The molecule has 1 N–H and O–H groups in total. The number of nitrogens with zero attached hydrogens (tertiary/aromatic N) is 1. The molecule has 0 bridgehead atoms. The van der Waals surface area contributed by atoms with E-state index in [1.807, 2.05) is 11.8 Å². The third kappa shape index (κ3) is 4.27. The van der Waals surface area contributed by atoms with Gasteiger partial charge in [-0.15, -0.1) is 0 Å². The van der Waals surface area contributed by atoms with E-state index in [0.717, 1.165) is 16.6 Å². The third-order valence-corrected chi connectivity index (χ3v) is 4.46. The van der Waals surface area contributed by atoms with Gasteiger partial charge in [0.05, 0.1) is 6.04 Å². The Kier molecular flexibility index (Phi) is 5.32. The number of amidine groups is 1. The Hall–Kier alpha value is -0.960. The van der Waals surface area contributed by atoms with Crippen molar-refractivity contribution < 1.29 is 0 Å². The first-order valence-electron chi connectivity index (χ1n) is 7.25. The number of hydrogen-bond donors (Lipinski definition) is 1.